The SMILES string of the molecule is N/C(=N\C(=O)OCc1ccccc1)N(CCC[C@H](NC(=O)OCc1ccccc1)C(=O)NCCCCN(CCC(=O)O)C(=O)OCc1ccccc1)C(=O)OCc1ccccc1. The molecule has 5 amide bonds. The number of nitrogens with one attached hydrogen (secondary N) is 2. The predicted octanol–water partition coefficient (Wildman–Crippen LogP) is 6.36. The highest BCUT2D eigenvalue weighted by atomic mass is 16.6. The Balaban J connectivity index is 1.37. The van der Waals surface area contributed by atoms with Crippen LogP contribution in [0, 0.1) is 0 Å². The van der Waals surface area contributed by atoms with Gasteiger partial charge in [0.1, 0.15) is 32.5 Å². The molecule has 0 unspecified atom stereocenters. The smallest absolute Gasteiger partial charge is 0.437 e. The molecule has 17 nitrogen and oxygen atoms in total. The van der Waals surface area contributed by atoms with Gasteiger partial charge < -0.3 is 45.3 Å². The van der Waals surface area contributed by atoms with Crippen LogP contribution in [-0.4, -0.2) is 89.3 Å². The number of aliphatic imine (C=N–C) groups is 1. The zero-order valence-electron chi connectivity index (χ0n) is 34.3. The van der Waals surface area contributed by atoms with E-state index in [0.717, 1.165) is 16.0 Å². The standard InChI is InChI=1S/C45H52N6O11/c46-41(49-43(56)60-31-35-18-7-2-8-19-35)51(45(58)62-33-37-22-11-4-12-23-37)28-15-24-38(48-42(55)59-30-34-16-5-1-6-17-34)40(54)47-26-13-14-27-50(29-25-39(52)53)44(57)61-32-36-20-9-3-10-21-36/h1-12,16-23,38H,13-15,24-33H2,(H,47,54)(H,48,55)(H,52,53)(H2,46,49,56)/t38-/m0/s1. The van der Waals surface area contributed by atoms with Gasteiger partial charge in [-0.05, 0) is 47.9 Å². The number of ether oxygens (including phenoxy) is 4. The molecule has 0 aliphatic carbocycles. The minimum atomic E-state index is -1.14. The third-order valence-corrected chi connectivity index (χ3v) is 9.02. The Labute approximate surface area is 359 Å². The predicted molar refractivity (Wildman–Crippen MR) is 227 cm³/mol. The molecule has 0 radical (unpaired) electrons. The van der Waals surface area contributed by atoms with Crippen molar-refractivity contribution in [3.05, 3.63) is 144 Å². The number of carbonyl (C=O) groups excluding carboxylic acids is 5. The third kappa shape index (κ3) is 18.2. The van der Waals surface area contributed by atoms with Gasteiger partial charge in [0.15, 0.2) is 0 Å². The first kappa shape index (κ1) is 47.3. The number of nitrogens with two attached hydrogens (primary N) is 1. The van der Waals surface area contributed by atoms with Gasteiger partial charge in [0.25, 0.3) is 0 Å². The molecule has 328 valence electrons. The van der Waals surface area contributed by atoms with Crippen molar-refractivity contribution < 1.29 is 52.8 Å². The second-order valence-electron chi connectivity index (χ2n) is 13.8. The van der Waals surface area contributed by atoms with Crippen LogP contribution in [0.5, 0.6) is 0 Å². The second kappa shape index (κ2) is 26.6. The number of unbranched alkanes of at least 4 members (excludes halogenated alkanes) is 1. The summed E-state index contributed by atoms with van der Waals surface area (Å²) in [6.07, 6.45) is -2.92. The molecule has 0 heterocycles. The quantitative estimate of drug-likeness (QED) is 0.0293. The third-order valence-electron chi connectivity index (χ3n) is 9.02. The van der Waals surface area contributed by atoms with Gasteiger partial charge in [-0.15, -0.1) is 4.99 Å². The summed E-state index contributed by atoms with van der Waals surface area (Å²) in [5, 5.41) is 14.6. The molecule has 0 fully saturated rings. The highest BCUT2D eigenvalue weighted by Gasteiger charge is 2.25. The first-order chi connectivity index (χ1) is 30.1. The molecule has 1 atom stereocenters. The lowest BCUT2D eigenvalue weighted by molar-refractivity contribution is -0.137. The Morgan fingerprint density at radius 3 is 1.60 bits per heavy atom. The molecule has 0 saturated heterocycles. The van der Waals surface area contributed by atoms with Crippen LogP contribution in [-0.2, 0) is 55.0 Å². The van der Waals surface area contributed by atoms with Crippen molar-refractivity contribution in [1.29, 1.82) is 0 Å². The van der Waals surface area contributed by atoms with E-state index in [1.807, 2.05) is 36.4 Å². The second-order valence-corrected chi connectivity index (χ2v) is 13.8. The number of benzene rings is 4. The molecular formula is C45H52N6O11. The fourth-order valence-corrected chi connectivity index (χ4v) is 5.73. The largest absolute Gasteiger partial charge is 0.481 e. The number of guanidine groups is 1. The van der Waals surface area contributed by atoms with Gasteiger partial charge in [-0.3, -0.25) is 9.59 Å². The van der Waals surface area contributed by atoms with Crippen LogP contribution < -0.4 is 16.4 Å². The number of rotatable bonds is 22. The molecule has 4 rings (SSSR count). The molecule has 62 heavy (non-hydrogen) atoms. The molecule has 0 spiro atoms. The number of carboxylic acids is 1. The summed E-state index contributed by atoms with van der Waals surface area (Å²) >= 11 is 0. The summed E-state index contributed by atoms with van der Waals surface area (Å²) in [6.45, 7) is -0.139. The van der Waals surface area contributed by atoms with E-state index in [1.165, 1.54) is 4.90 Å². The lowest BCUT2D eigenvalue weighted by Gasteiger charge is -2.23. The molecule has 0 aliphatic rings. The first-order valence-corrected chi connectivity index (χ1v) is 20.0. The van der Waals surface area contributed by atoms with Gasteiger partial charge in [-0.25, -0.2) is 24.1 Å². The molecule has 4 aromatic rings. The number of carboxylic acid groups (broad SMARTS) is 1. The average molecular weight is 853 g/mol. The van der Waals surface area contributed by atoms with Crippen LogP contribution in [0.25, 0.3) is 0 Å². The first-order valence-electron chi connectivity index (χ1n) is 20.0. The van der Waals surface area contributed by atoms with Crippen molar-refractivity contribution >= 4 is 42.2 Å². The van der Waals surface area contributed by atoms with E-state index >= 15 is 0 Å². The minimum absolute atomic E-state index is 0.0172. The Hall–Kier alpha value is -7.43. The molecule has 4 aromatic carbocycles. The van der Waals surface area contributed by atoms with E-state index < -0.39 is 48.3 Å². The lowest BCUT2D eigenvalue weighted by Crippen LogP contribution is -2.48. The van der Waals surface area contributed by atoms with E-state index in [1.54, 1.807) is 84.9 Å². The van der Waals surface area contributed by atoms with E-state index in [0.29, 0.717) is 24.0 Å². The van der Waals surface area contributed by atoms with Crippen molar-refractivity contribution in [2.45, 2.75) is 64.6 Å². The minimum Gasteiger partial charge on any atom is -0.481 e. The van der Waals surface area contributed by atoms with Gasteiger partial charge in [-0.2, -0.15) is 0 Å². The molecule has 0 saturated carbocycles. The summed E-state index contributed by atoms with van der Waals surface area (Å²) in [5.41, 5.74) is 9.08. The maximum absolute atomic E-state index is 13.5. The lowest BCUT2D eigenvalue weighted by atomic mass is 10.1. The molecule has 17 heteroatoms. The van der Waals surface area contributed by atoms with Crippen LogP contribution in [0.4, 0.5) is 19.2 Å². The van der Waals surface area contributed by atoms with Gasteiger partial charge in [0.2, 0.25) is 11.9 Å². The van der Waals surface area contributed by atoms with E-state index in [9.17, 15) is 33.9 Å². The zero-order chi connectivity index (χ0) is 44.4. The van der Waals surface area contributed by atoms with Gasteiger partial charge >= 0.3 is 30.3 Å². The zero-order valence-corrected chi connectivity index (χ0v) is 34.3. The molecule has 0 aromatic heterocycles. The number of hydrogen-bond acceptors (Lipinski definition) is 10. The van der Waals surface area contributed by atoms with Crippen LogP contribution in [0.15, 0.2) is 126 Å². The van der Waals surface area contributed by atoms with Crippen molar-refractivity contribution in [1.82, 2.24) is 20.4 Å². The number of aliphatic carboxylic acids is 1. The number of hydrogen-bond donors (Lipinski definition) is 4. The Bertz CT molecular complexity index is 2040. The fraction of sp³-hybridized carbons (Fsp3) is 0.311. The Morgan fingerprint density at radius 1 is 0.597 bits per heavy atom. The van der Waals surface area contributed by atoms with Crippen molar-refractivity contribution in [3.63, 3.8) is 0 Å². The molecule has 5 N–H and O–H groups in total. The monoisotopic (exact) mass is 852 g/mol. The van der Waals surface area contributed by atoms with Crippen LogP contribution in [0.1, 0.15) is 54.4 Å². The Kier molecular flexibility index (Phi) is 20.3. The van der Waals surface area contributed by atoms with Crippen LogP contribution >= 0.6 is 0 Å². The highest BCUT2D eigenvalue weighted by Crippen LogP contribution is 2.10. The van der Waals surface area contributed by atoms with Crippen molar-refractivity contribution in [2.24, 2.45) is 10.7 Å². The summed E-state index contributed by atoms with van der Waals surface area (Å²) in [6, 6.07) is 34.7. The topological polar surface area (TPSA) is 228 Å². The maximum Gasteiger partial charge on any atom is 0.437 e. The number of carbonyl (C=O) groups is 6. The Morgan fingerprint density at radius 2 is 1.08 bits per heavy atom. The van der Waals surface area contributed by atoms with Crippen LogP contribution in [0.3, 0.4) is 0 Å². The van der Waals surface area contributed by atoms with Gasteiger partial charge in [-0.1, -0.05) is 121 Å². The molecular weight excluding hydrogens is 801 g/mol. The van der Waals surface area contributed by atoms with E-state index in [-0.39, 0.29) is 71.9 Å². The normalized spacial score (nSPS) is 11.3. The summed E-state index contributed by atoms with van der Waals surface area (Å²) in [7, 11) is 0. The summed E-state index contributed by atoms with van der Waals surface area (Å²) < 4.78 is 21.5. The van der Waals surface area contributed by atoms with Gasteiger partial charge in [0.05, 0.1) is 6.42 Å². The average Bonchev–Trinajstić information content (AvgIpc) is 3.29. The highest BCUT2D eigenvalue weighted by molar-refractivity contribution is 5.98. The molecule has 0 aliphatic heterocycles. The number of amides is 5. The molecule has 0 bridgehead atoms. The summed E-state index contributed by atoms with van der Waals surface area (Å²) in [4.78, 5) is 82.5. The summed E-state index contributed by atoms with van der Waals surface area (Å²) in [5.74, 6) is -2.13. The van der Waals surface area contributed by atoms with E-state index in [2.05, 4.69) is 15.6 Å². The van der Waals surface area contributed by atoms with Crippen molar-refractivity contribution in [3.8, 4) is 0 Å². The van der Waals surface area contributed by atoms with Gasteiger partial charge in [0, 0.05) is 26.2 Å². The number of alkyl carbamates (subject to hydrolysis) is 1. The fourth-order valence-electron chi connectivity index (χ4n) is 5.73. The maximum atomic E-state index is 13.5. The van der Waals surface area contributed by atoms with E-state index in [4.69, 9.17) is 24.7 Å². The number of nitrogens with zero attached hydrogens (tertiary/aromatic N) is 3. The van der Waals surface area contributed by atoms with Crippen LogP contribution in [0.2, 0.25) is 0 Å². The van der Waals surface area contributed by atoms with Crippen molar-refractivity contribution in [2.75, 3.05) is 26.2 Å².